The molecular weight excluding hydrogens is 244 g/mol. The van der Waals surface area contributed by atoms with Crippen LogP contribution in [0.1, 0.15) is 6.42 Å². The summed E-state index contributed by atoms with van der Waals surface area (Å²) in [6.45, 7) is 0.493. The zero-order valence-corrected chi connectivity index (χ0v) is 10.6. The van der Waals surface area contributed by atoms with Crippen molar-refractivity contribution < 1.29 is 13.2 Å². The van der Waals surface area contributed by atoms with Crippen molar-refractivity contribution >= 4 is 21.6 Å². The molecule has 0 aliphatic carbocycles. The summed E-state index contributed by atoms with van der Waals surface area (Å²) in [7, 11) is -1.44. The van der Waals surface area contributed by atoms with Gasteiger partial charge in [-0.1, -0.05) is 0 Å². The molecule has 0 amide bonds. The van der Waals surface area contributed by atoms with Crippen LogP contribution in [0, 0.1) is 0 Å². The molecule has 0 radical (unpaired) electrons. The van der Waals surface area contributed by atoms with E-state index in [-0.39, 0.29) is 11.7 Å². The summed E-state index contributed by atoms with van der Waals surface area (Å²) < 4.78 is 26.7. The van der Waals surface area contributed by atoms with Gasteiger partial charge in [-0.15, -0.1) is 0 Å². The molecule has 1 rings (SSSR count). The molecule has 3 N–H and O–H groups in total. The van der Waals surface area contributed by atoms with Crippen LogP contribution < -0.4 is 15.8 Å². The lowest BCUT2D eigenvalue weighted by Crippen LogP contribution is -2.11. The van der Waals surface area contributed by atoms with Crippen molar-refractivity contribution in [3.63, 3.8) is 0 Å². The van der Waals surface area contributed by atoms with Crippen LogP contribution in [-0.4, -0.2) is 44.0 Å². The Morgan fingerprint density at radius 1 is 1.47 bits per heavy atom. The van der Waals surface area contributed by atoms with Gasteiger partial charge < -0.3 is 15.8 Å². The van der Waals surface area contributed by atoms with E-state index in [1.807, 2.05) is 0 Å². The molecule has 17 heavy (non-hydrogen) atoms. The minimum absolute atomic E-state index is 0.106. The van der Waals surface area contributed by atoms with Crippen LogP contribution in [0.5, 0.6) is 5.88 Å². The van der Waals surface area contributed by atoms with Gasteiger partial charge in [-0.25, -0.2) is 8.42 Å². The predicted octanol–water partition coefficient (Wildman–Crippen LogP) is -0.0860. The summed E-state index contributed by atoms with van der Waals surface area (Å²) in [5.74, 6) is 1.12. The lowest BCUT2D eigenvalue weighted by molar-refractivity contribution is 0.398. The van der Waals surface area contributed by atoms with E-state index >= 15 is 0 Å². The number of nitrogens with two attached hydrogens (primary N) is 1. The summed E-state index contributed by atoms with van der Waals surface area (Å²) in [4.78, 5) is 7.77. The van der Waals surface area contributed by atoms with E-state index in [2.05, 4.69) is 15.3 Å². The highest BCUT2D eigenvalue weighted by atomic mass is 32.2. The van der Waals surface area contributed by atoms with Crippen molar-refractivity contribution in [1.82, 2.24) is 9.97 Å². The Bertz CT molecular complexity index is 475. The number of aromatic nitrogens is 2. The predicted molar refractivity (Wildman–Crippen MR) is 65.8 cm³/mol. The van der Waals surface area contributed by atoms with E-state index in [0.717, 1.165) is 0 Å². The Morgan fingerprint density at radius 3 is 2.76 bits per heavy atom. The van der Waals surface area contributed by atoms with E-state index in [0.29, 0.717) is 24.7 Å². The maximum Gasteiger partial charge on any atom is 0.225 e. The number of ether oxygens (including phenoxy) is 1. The second-order valence-corrected chi connectivity index (χ2v) is 5.82. The fourth-order valence-electron chi connectivity index (χ4n) is 1.19. The molecule has 0 atom stereocenters. The summed E-state index contributed by atoms with van der Waals surface area (Å²) in [6, 6.07) is 1.59. The van der Waals surface area contributed by atoms with Crippen molar-refractivity contribution in [3.8, 4) is 5.88 Å². The molecule has 0 aromatic carbocycles. The molecule has 0 spiro atoms. The quantitative estimate of drug-likeness (QED) is 0.688. The van der Waals surface area contributed by atoms with Crippen LogP contribution in [0.2, 0.25) is 0 Å². The summed E-state index contributed by atoms with van der Waals surface area (Å²) in [5.41, 5.74) is 5.47. The smallest absolute Gasteiger partial charge is 0.225 e. The molecule has 1 aromatic heterocycles. The maximum absolute atomic E-state index is 10.9. The van der Waals surface area contributed by atoms with Crippen LogP contribution in [0.15, 0.2) is 6.07 Å². The first-order valence-corrected chi connectivity index (χ1v) is 7.07. The number of nitrogen functional groups attached to an aromatic ring is 1. The number of rotatable bonds is 6. The Hall–Kier alpha value is -1.57. The van der Waals surface area contributed by atoms with E-state index in [1.54, 1.807) is 6.07 Å². The van der Waals surface area contributed by atoms with Crippen molar-refractivity contribution in [3.05, 3.63) is 6.07 Å². The second-order valence-electron chi connectivity index (χ2n) is 3.56. The largest absolute Gasteiger partial charge is 0.481 e. The van der Waals surface area contributed by atoms with Crippen LogP contribution in [0.25, 0.3) is 0 Å². The zero-order chi connectivity index (χ0) is 12.9. The van der Waals surface area contributed by atoms with Gasteiger partial charge in [0.15, 0.2) is 0 Å². The fourth-order valence-corrected chi connectivity index (χ4v) is 1.86. The molecule has 0 aliphatic heterocycles. The highest BCUT2D eigenvalue weighted by Crippen LogP contribution is 2.13. The van der Waals surface area contributed by atoms with Crippen molar-refractivity contribution in [2.75, 3.05) is 36.7 Å². The SMILES string of the molecule is COc1cc(NCCCS(C)(=O)=O)nc(N)n1. The van der Waals surface area contributed by atoms with Gasteiger partial charge in [0.1, 0.15) is 15.7 Å². The van der Waals surface area contributed by atoms with E-state index < -0.39 is 9.84 Å². The number of nitrogens with one attached hydrogen (secondary N) is 1. The topological polar surface area (TPSA) is 107 Å². The highest BCUT2D eigenvalue weighted by molar-refractivity contribution is 7.90. The summed E-state index contributed by atoms with van der Waals surface area (Å²) in [6.07, 6.45) is 1.71. The Morgan fingerprint density at radius 2 is 2.18 bits per heavy atom. The first-order valence-electron chi connectivity index (χ1n) is 5.01. The summed E-state index contributed by atoms with van der Waals surface area (Å²) in [5, 5.41) is 2.96. The molecule has 0 saturated heterocycles. The molecule has 7 nitrogen and oxygen atoms in total. The molecule has 0 saturated carbocycles. The van der Waals surface area contributed by atoms with Gasteiger partial charge in [0, 0.05) is 18.9 Å². The Balaban J connectivity index is 2.49. The lowest BCUT2D eigenvalue weighted by Gasteiger charge is -2.07. The second kappa shape index (κ2) is 5.67. The Labute approximate surface area is 100 Å². The fraction of sp³-hybridized carbons (Fsp3) is 0.556. The molecule has 1 aromatic rings. The molecule has 1 heterocycles. The van der Waals surface area contributed by atoms with Gasteiger partial charge in [0.2, 0.25) is 11.8 Å². The summed E-state index contributed by atoms with van der Waals surface area (Å²) >= 11 is 0. The molecule has 0 fully saturated rings. The number of anilines is 2. The third-order valence-electron chi connectivity index (χ3n) is 1.93. The molecular formula is C9H16N4O3S. The van der Waals surface area contributed by atoms with Crippen molar-refractivity contribution in [2.45, 2.75) is 6.42 Å². The van der Waals surface area contributed by atoms with Crippen molar-refractivity contribution in [1.29, 1.82) is 0 Å². The van der Waals surface area contributed by atoms with Gasteiger partial charge >= 0.3 is 0 Å². The first kappa shape index (κ1) is 13.5. The Kier molecular flexibility index (Phi) is 4.50. The van der Waals surface area contributed by atoms with Gasteiger partial charge in [-0.2, -0.15) is 9.97 Å². The molecule has 0 bridgehead atoms. The number of hydrogen-bond donors (Lipinski definition) is 2. The molecule has 0 aliphatic rings. The molecule has 96 valence electrons. The third-order valence-corrected chi connectivity index (χ3v) is 2.96. The highest BCUT2D eigenvalue weighted by Gasteiger charge is 2.04. The van der Waals surface area contributed by atoms with Crippen LogP contribution >= 0.6 is 0 Å². The van der Waals surface area contributed by atoms with Gasteiger partial charge in [-0.05, 0) is 6.42 Å². The minimum Gasteiger partial charge on any atom is -0.481 e. The van der Waals surface area contributed by atoms with Crippen LogP contribution in [0.4, 0.5) is 11.8 Å². The lowest BCUT2D eigenvalue weighted by atomic mass is 10.4. The average molecular weight is 260 g/mol. The van der Waals surface area contributed by atoms with E-state index in [4.69, 9.17) is 10.5 Å². The number of hydrogen-bond acceptors (Lipinski definition) is 7. The first-order chi connectivity index (χ1) is 7.90. The molecule has 0 unspecified atom stereocenters. The zero-order valence-electron chi connectivity index (χ0n) is 9.80. The third kappa shape index (κ3) is 5.34. The monoisotopic (exact) mass is 260 g/mol. The number of sulfone groups is 1. The van der Waals surface area contributed by atoms with E-state index in [9.17, 15) is 8.42 Å². The minimum atomic E-state index is -2.92. The van der Waals surface area contributed by atoms with Crippen molar-refractivity contribution in [2.24, 2.45) is 0 Å². The molecule has 8 heteroatoms. The van der Waals surface area contributed by atoms with Gasteiger partial charge in [0.05, 0.1) is 12.9 Å². The van der Waals surface area contributed by atoms with Gasteiger partial charge in [-0.3, -0.25) is 0 Å². The average Bonchev–Trinajstić information content (AvgIpc) is 2.22. The normalized spacial score (nSPS) is 11.2. The standard InChI is InChI=1S/C9H16N4O3S/c1-16-8-6-7(12-9(10)13-8)11-4-3-5-17(2,14)15/h6H,3-5H2,1-2H3,(H3,10,11,12,13). The van der Waals surface area contributed by atoms with E-state index in [1.165, 1.54) is 13.4 Å². The number of nitrogens with zero attached hydrogens (tertiary/aromatic N) is 2. The van der Waals surface area contributed by atoms with Gasteiger partial charge in [0.25, 0.3) is 0 Å². The van der Waals surface area contributed by atoms with Crippen LogP contribution in [-0.2, 0) is 9.84 Å². The van der Waals surface area contributed by atoms with Crippen LogP contribution in [0.3, 0.4) is 0 Å². The maximum atomic E-state index is 10.9. The number of methoxy groups -OCH3 is 1.